The second-order valence-corrected chi connectivity index (χ2v) is 16.0. The summed E-state index contributed by atoms with van der Waals surface area (Å²) < 4.78 is 4.87. The standard InChI is InChI=1S/C57H39N5/c1-4-16-38(17-5-1)55-58-56(39-18-6-2-7-19-39)60-57(59-55)44-22-14-20-40(34-44)43-30-32-49-47-26-10-12-28-51(47)62(54(49)37-43)46-25-15-21-41(35-46)42-31-33-53-50(36-42)48-27-11-13-29-52(48)61(53)45-23-8-3-9-24-45/h1-12,14-28,30-37H,13,29H2. The minimum atomic E-state index is 0.637. The molecule has 8 aromatic carbocycles. The Bertz CT molecular complexity index is 3450. The Balaban J connectivity index is 0.966. The molecule has 0 N–H and O–H groups in total. The largest absolute Gasteiger partial charge is 0.313 e. The van der Waals surface area contributed by atoms with Gasteiger partial charge in [-0.05, 0) is 89.7 Å². The van der Waals surface area contributed by atoms with E-state index in [2.05, 4.69) is 161 Å². The van der Waals surface area contributed by atoms with Gasteiger partial charge in [-0.25, -0.2) is 15.0 Å². The van der Waals surface area contributed by atoms with Crippen LogP contribution in [0.25, 0.3) is 107 Å². The first-order valence-electron chi connectivity index (χ1n) is 21.2. The molecule has 0 radical (unpaired) electrons. The quantitative estimate of drug-likeness (QED) is 0.161. The third kappa shape index (κ3) is 6.13. The number of rotatable bonds is 7. The lowest BCUT2D eigenvalue weighted by Crippen LogP contribution is -2.02. The highest BCUT2D eigenvalue weighted by Crippen LogP contribution is 2.39. The van der Waals surface area contributed by atoms with Crippen LogP contribution in [0.2, 0.25) is 0 Å². The van der Waals surface area contributed by atoms with Crippen LogP contribution in [-0.2, 0) is 6.42 Å². The summed E-state index contributed by atoms with van der Waals surface area (Å²) in [7, 11) is 0. The molecule has 3 aromatic heterocycles. The van der Waals surface area contributed by atoms with Crippen molar-refractivity contribution in [3.63, 3.8) is 0 Å². The average Bonchev–Trinajstić information content (AvgIpc) is 3.87. The van der Waals surface area contributed by atoms with Crippen molar-refractivity contribution in [1.29, 1.82) is 0 Å². The van der Waals surface area contributed by atoms with E-state index in [-0.39, 0.29) is 0 Å². The normalized spacial score (nSPS) is 12.3. The molecular weight excluding hydrogens is 755 g/mol. The van der Waals surface area contributed by atoms with Crippen LogP contribution in [0.5, 0.6) is 0 Å². The van der Waals surface area contributed by atoms with E-state index >= 15 is 0 Å². The van der Waals surface area contributed by atoms with Gasteiger partial charge < -0.3 is 9.13 Å². The molecule has 0 spiro atoms. The second-order valence-electron chi connectivity index (χ2n) is 16.0. The Morgan fingerprint density at radius 2 is 0.871 bits per heavy atom. The van der Waals surface area contributed by atoms with E-state index in [1.54, 1.807) is 0 Å². The number of para-hydroxylation sites is 2. The summed E-state index contributed by atoms with van der Waals surface area (Å²) in [5.74, 6) is 1.93. The maximum atomic E-state index is 5.02. The van der Waals surface area contributed by atoms with E-state index in [1.807, 2.05) is 60.7 Å². The molecule has 12 rings (SSSR count). The molecule has 62 heavy (non-hydrogen) atoms. The van der Waals surface area contributed by atoms with E-state index in [1.165, 1.54) is 55.3 Å². The van der Waals surface area contributed by atoms with Crippen molar-refractivity contribution in [1.82, 2.24) is 24.1 Å². The molecule has 0 aliphatic heterocycles. The van der Waals surface area contributed by atoms with Gasteiger partial charge in [0.05, 0.1) is 16.6 Å². The third-order valence-corrected chi connectivity index (χ3v) is 12.2. The smallest absolute Gasteiger partial charge is 0.164 e. The number of hydrogen-bond acceptors (Lipinski definition) is 3. The fraction of sp³-hybridized carbons (Fsp3) is 0.0351. The predicted molar refractivity (Wildman–Crippen MR) is 256 cm³/mol. The third-order valence-electron chi connectivity index (χ3n) is 12.2. The van der Waals surface area contributed by atoms with Crippen molar-refractivity contribution in [3.05, 3.63) is 218 Å². The lowest BCUT2D eigenvalue weighted by Gasteiger charge is -2.13. The molecule has 11 aromatic rings. The molecular formula is C57H39N5. The van der Waals surface area contributed by atoms with Crippen LogP contribution in [0.1, 0.15) is 17.7 Å². The summed E-state index contributed by atoms with van der Waals surface area (Å²) in [5, 5.41) is 3.73. The fourth-order valence-corrected chi connectivity index (χ4v) is 9.30. The van der Waals surface area contributed by atoms with Crippen LogP contribution in [0, 0.1) is 0 Å². The van der Waals surface area contributed by atoms with E-state index in [9.17, 15) is 0 Å². The number of fused-ring (bicyclic) bond motifs is 6. The maximum Gasteiger partial charge on any atom is 0.164 e. The molecule has 0 saturated heterocycles. The van der Waals surface area contributed by atoms with Crippen molar-refractivity contribution < 1.29 is 0 Å². The van der Waals surface area contributed by atoms with Crippen molar-refractivity contribution >= 4 is 38.8 Å². The van der Waals surface area contributed by atoms with Gasteiger partial charge in [-0.2, -0.15) is 0 Å². The van der Waals surface area contributed by atoms with E-state index in [0.717, 1.165) is 51.9 Å². The van der Waals surface area contributed by atoms with Crippen molar-refractivity contribution in [3.8, 4) is 67.8 Å². The number of benzene rings is 8. The maximum absolute atomic E-state index is 5.02. The van der Waals surface area contributed by atoms with E-state index < -0.39 is 0 Å². The van der Waals surface area contributed by atoms with Crippen LogP contribution in [0.3, 0.4) is 0 Å². The fourth-order valence-electron chi connectivity index (χ4n) is 9.30. The highest BCUT2D eigenvalue weighted by molar-refractivity contribution is 6.10. The van der Waals surface area contributed by atoms with Gasteiger partial charge in [0, 0.05) is 55.5 Å². The number of aromatic nitrogens is 5. The van der Waals surface area contributed by atoms with Crippen molar-refractivity contribution in [2.45, 2.75) is 12.8 Å². The van der Waals surface area contributed by atoms with Gasteiger partial charge in [0.15, 0.2) is 17.5 Å². The lowest BCUT2D eigenvalue weighted by molar-refractivity contribution is 0.888. The summed E-state index contributed by atoms with van der Waals surface area (Å²) in [4.78, 5) is 15.0. The Kier molecular flexibility index (Phi) is 8.56. The van der Waals surface area contributed by atoms with Gasteiger partial charge in [-0.15, -0.1) is 0 Å². The van der Waals surface area contributed by atoms with Crippen LogP contribution in [-0.4, -0.2) is 24.1 Å². The Labute approximate surface area is 359 Å². The van der Waals surface area contributed by atoms with Gasteiger partial charge in [-0.3, -0.25) is 0 Å². The van der Waals surface area contributed by atoms with Gasteiger partial charge in [0.25, 0.3) is 0 Å². The van der Waals surface area contributed by atoms with E-state index in [0.29, 0.717) is 17.5 Å². The van der Waals surface area contributed by atoms with Gasteiger partial charge >= 0.3 is 0 Å². The zero-order valence-electron chi connectivity index (χ0n) is 33.9. The summed E-state index contributed by atoms with van der Waals surface area (Å²) in [6, 6.07) is 71.1. The summed E-state index contributed by atoms with van der Waals surface area (Å²) in [6.45, 7) is 0. The molecule has 0 fully saturated rings. The summed E-state index contributed by atoms with van der Waals surface area (Å²) in [6.07, 6.45) is 6.72. The van der Waals surface area contributed by atoms with Crippen molar-refractivity contribution in [2.24, 2.45) is 0 Å². The molecule has 3 heterocycles. The molecule has 5 heteroatoms. The molecule has 0 saturated carbocycles. The number of hydrogen-bond donors (Lipinski definition) is 0. The minimum Gasteiger partial charge on any atom is -0.313 e. The topological polar surface area (TPSA) is 48.5 Å². The van der Waals surface area contributed by atoms with Gasteiger partial charge in [0.2, 0.25) is 0 Å². The van der Waals surface area contributed by atoms with Crippen LogP contribution < -0.4 is 0 Å². The molecule has 0 unspecified atom stereocenters. The molecule has 1 aliphatic carbocycles. The monoisotopic (exact) mass is 793 g/mol. The molecule has 0 atom stereocenters. The molecule has 5 nitrogen and oxygen atoms in total. The summed E-state index contributed by atoms with van der Waals surface area (Å²) >= 11 is 0. The predicted octanol–water partition coefficient (Wildman–Crippen LogP) is 14.2. The highest BCUT2D eigenvalue weighted by atomic mass is 15.0. The van der Waals surface area contributed by atoms with E-state index in [4.69, 9.17) is 15.0 Å². The summed E-state index contributed by atoms with van der Waals surface area (Å²) in [5.41, 5.74) is 16.0. The van der Waals surface area contributed by atoms with Crippen molar-refractivity contribution in [2.75, 3.05) is 0 Å². The number of allylic oxidation sites excluding steroid dienone is 1. The molecule has 0 amide bonds. The van der Waals surface area contributed by atoms with Crippen LogP contribution in [0.4, 0.5) is 0 Å². The number of nitrogens with zero attached hydrogens (tertiary/aromatic N) is 5. The Hall–Kier alpha value is -8.15. The Morgan fingerprint density at radius 1 is 0.339 bits per heavy atom. The molecule has 292 valence electrons. The highest BCUT2D eigenvalue weighted by Gasteiger charge is 2.20. The molecule has 0 bridgehead atoms. The average molecular weight is 794 g/mol. The van der Waals surface area contributed by atoms with Crippen LogP contribution in [0.15, 0.2) is 206 Å². The van der Waals surface area contributed by atoms with Gasteiger partial charge in [-0.1, -0.05) is 158 Å². The first-order valence-corrected chi connectivity index (χ1v) is 21.2. The zero-order chi connectivity index (χ0) is 41.0. The zero-order valence-corrected chi connectivity index (χ0v) is 33.9. The first kappa shape index (κ1) is 35.8. The minimum absolute atomic E-state index is 0.637. The van der Waals surface area contributed by atoms with Gasteiger partial charge in [0.1, 0.15) is 0 Å². The lowest BCUT2D eigenvalue weighted by atomic mass is 9.98. The molecule has 1 aliphatic rings. The Morgan fingerprint density at radius 3 is 1.63 bits per heavy atom. The second kappa shape index (κ2) is 14.8. The SMILES string of the molecule is C1=Cc2c(n(-c3ccccc3)c3ccc(-c4cccc(-n5c6ccccc6c6ccc(-c7cccc(-c8nc(-c9ccccc9)nc(-c9ccccc9)n8)c7)cc65)c4)cc23)CC1. The first-order chi connectivity index (χ1) is 30.7. The van der Waals surface area contributed by atoms with Crippen LogP contribution >= 0.6 is 0 Å².